The normalized spacial score (nSPS) is 13.2. The molecule has 0 radical (unpaired) electrons. The summed E-state index contributed by atoms with van der Waals surface area (Å²) in [6, 6.07) is 8.07. The second-order valence-corrected chi connectivity index (χ2v) is 4.89. The summed E-state index contributed by atoms with van der Waals surface area (Å²) in [7, 11) is 1.47. The molecule has 5 heteroatoms. The summed E-state index contributed by atoms with van der Waals surface area (Å²) in [4.78, 5) is 11.4. The molecule has 0 spiro atoms. The smallest absolute Gasteiger partial charge is 0.252 e. The number of benzene rings is 1. The van der Waals surface area contributed by atoms with Crippen molar-refractivity contribution in [3.05, 3.63) is 35.4 Å². The van der Waals surface area contributed by atoms with Gasteiger partial charge in [-0.25, -0.2) is 0 Å². The Labute approximate surface area is 116 Å². The number of carbonyl (C=O) groups is 1. The van der Waals surface area contributed by atoms with Gasteiger partial charge < -0.3 is 9.26 Å². The standard InChI is InChI=1S/C15H16N2O3/c1-19-9-14(18)16-15-8-13(17-20-15)12-6-5-10-3-2-4-11(10)7-12/h5-8H,2-4,9H2,1H3,(H,16,18). The topological polar surface area (TPSA) is 64.4 Å². The molecule has 0 atom stereocenters. The largest absolute Gasteiger partial charge is 0.375 e. The molecule has 0 fully saturated rings. The molecule has 1 aromatic carbocycles. The van der Waals surface area contributed by atoms with Gasteiger partial charge in [0.05, 0.1) is 0 Å². The van der Waals surface area contributed by atoms with E-state index in [-0.39, 0.29) is 12.5 Å². The lowest BCUT2D eigenvalue weighted by Gasteiger charge is -2.01. The number of aromatic nitrogens is 1. The molecule has 2 aromatic rings. The monoisotopic (exact) mass is 272 g/mol. The predicted molar refractivity (Wildman–Crippen MR) is 74.5 cm³/mol. The third kappa shape index (κ3) is 2.58. The van der Waals surface area contributed by atoms with Crippen molar-refractivity contribution in [1.29, 1.82) is 0 Å². The van der Waals surface area contributed by atoms with Crippen LogP contribution in [0.3, 0.4) is 0 Å². The van der Waals surface area contributed by atoms with Gasteiger partial charge in [0.2, 0.25) is 5.88 Å². The third-order valence-electron chi connectivity index (χ3n) is 3.44. The average molecular weight is 272 g/mol. The molecule has 104 valence electrons. The molecule has 3 rings (SSSR count). The van der Waals surface area contributed by atoms with Gasteiger partial charge in [-0.3, -0.25) is 10.1 Å². The van der Waals surface area contributed by atoms with E-state index in [4.69, 9.17) is 9.26 Å². The second kappa shape index (κ2) is 5.46. The molecule has 0 bridgehead atoms. The van der Waals surface area contributed by atoms with E-state index in [0.29, 0.717) is 5.88 Å². The fourth-order valence-corrected chi connectivity index (χ4v) is 2.51. The number of amides is 1. The van der Waals surface area contributed by atoms with Gasteiger partial charge in [0, 0.05) is 18.7 Å². The molecule has 5 nitrogen and oxygen atoms in total. The maximum absolute atomic E-state index is 11.4. The highest BCUT2D eigenvalue weighted by atomic mass is 16.5. The van der Waals surface area contributed by atoms with Crippen LogP contribution in [0, 0.1) is 0 Å². The van der Waals surface area contributed by atoms with E-state index in [0.717, 1.165) is 24.1 Å². The molecular weight excluding hydrogens is 256 g/mol. The first-order valence-corrected chi connectivity index (χ1v) is 6.64. The van der Waals surface area contributed by atoms with Gasteiger partial charge in [-0.05, 0) is 36.5 Å². The molecule has 1 N–H and O–H groups in total. The van der Waals surface area contributed by atoms with Gasteiger partial charge in [0.1, 0.15) is 12.3 Å². The number of fused-ring (bicyclic) bond motifs is 1. The highest BCUT2D eigenvalue weighted by Gasteiger charge is 2.14. The summed E-state index contributed by atoms with van der Waals surface area (Å²) in [6.07, 6.45) is 3.50. The number of aryl methyl sites for hydroxylation is 2. The van der Waals surface area contributed by atoms with E-state index in [1.54, 1.807) is 6.07 Å². The summed E-state index contributed by atoms with van der Waals surface area (Å²) in [6.45, 7) is -0.00508. The Morgan fingerprint density at radius 1 is 1.35 bits per heavy atom. The van der Waals surface area contributed by atoms with Crippen LogP contribution >= 0.6 is 0 Å². The zero-order valence-corrected chi connectivity index (χ0v) is 11.3. The van der Waals surface area contributed by atoms with E-state index in [1.807, 2.05) is 6.07 Å². The van der Waals surface area contributed by atoms with Crippen LogP contribution in [-0.2, 0) is 22.4 Å². The maximum atomic E-state index is 11.4. The van der Waals surface area contributed by atoms with Crippen LogP contribution in [0.4, 0.5) is 5.88 Å². The SMILES string of the molecule is COCC(=O)Nc1cc(-c2ccc3c(c2)CCC3)no1. The van der Waals surface area contributed by atoms with E-state index >= 15 is 0 Å². The van der Waals surface area contributed by atoms with Crippen molar-refractivity contribution < 1.29 is 14.1 Å². The molecule has 1 amide bonds. The molecule has 1 aromatic heterocycles. The zero-order valence-electron chi connectivity index (χ0n) is 11.3. The van der Waals surface area contributed by atoms with Crippen molar-refractivity contribution in [1.82, 2.24) is 5.16 Å². The Kier molecular flexibility index (Phi) is 3.52. The van der Waals surface area contributed by atoms with Crippen LogP contribution in [0.1, 0.15) is 17.5 Å². The minimum Gasteiger partial charge on any atom is -0.375 e. The number of carbonyl (C=O) groups excluding carboxylic acids is 1. The van der Waals surface area contributed by atoms with E-state index in [1.165, 1.54) is 24.7 Å². The van der Waals surface area contributed by atoms with Crippen LogP contribution in [-0.4, -0.2) is 24.8 Å². The molecule has 0 aliphatic heterocycles. The van der Waals surface area contributed by atoms with Crippen LogP contribution in [0.25, 0.3) is 11.3 Å². The van der Waals surface area contributed by atoms with Crippen LogP contribution in [0.2, 0.25) is 0 Å². The summed E-state index contributed by atoms with van der Waals surface area (Å²) < 4.78 is 9.86. The fraction of sp³-hybridized carbons (Fsp3) is 0.333. The third-order valence-corrected chi connectivity index (χ3v) is 3.44. The molecule has 0 saturated carbocycles. The van der Waals surface area contributed by atoms with Gasteiger partial charge >= 0.3 is 0 Å². The highest BCUT2D eigenvalue weighted by Crippen LogP contribution is 2.28. The molecule has 0 unspecified atom stereocenters. The number of methoxy groups -OCH3 is 1. The van der Waals surface area contributed by atoms with Gasteiger partial charge in [-0.15, -0.1) is 0 Å². The number of rotatable bonds is 4. The Morgan fingerprint density at radius 3 is 3.05 bits per heavy atom. The van der Waals surface area contributed by atoms with Gasteiger partial charge in [-0.1, -0.05) is 17.3 Å². The summed E-state index contributed by atoms with van der Waals surface area (Å²) in [5, 5.41) is 6.59. The quantitative estimate of drug-likeness (QED) is 0.928. The number of nitrogens with one attached hydrogen (secondary N) is 1. The van der Waals surface area contributed by atoms with Crippen molar-refractivity contribution in [2.24, 2.45) is 0 Å². The minimum atomic E-state index is -0.260. The molecule has 1 aliphatic rings. The molecule has 20 heavy (non-hydrogen) atoms. The van der Waals surface area contributed by atoms with Crippen LogP contribution in [0.15, 0.2) is 28.8 Å². The molecule has 0 saturated heterocycles. The predicted octanol–water partition coefficient (Wildman–Crippen LogP) is 2.42. The van der Waals surface area contributed by atoms with E-state index in [2.05, 4.69) is 22.6 Å². The van der Waals surface area contributed by atoms with Crippen molar-refractivity contribution in [2.45, 2.75) is 19.3 Å². The lowest BCUT2D eigenvalue weighted by Crippen LogP contribution is -2.16. The highest BCUT2D eigenvalue weighted by molar-refractivity contribution is 5.90. The minimum absolute atomic E-state index is 0.00508. The number of anilines is 1. The Morgan fingerprint density at radius 2 is 2.20 bits per heavy atom. The van der Waals surface area contributed by atoms with E-state index < -0.39 is 0 Å². The molecular formula is C15H16N2O3. The Bertz CT molecular complexity index is 634. The lowest BCUT2D eigenvalue weighted by molar-refractivity contribution is -0.119. The first kappa shape index (κ1) is 12.9. The molecule has 1 heterocycles. The number of hydrogen-bond donors (Lipinski definition) is 1. The summed E-state index contributed by atoms with van der Waals surface area (Å²) in [5.74, 6) is 0.0756. The van der Waals surface area contributed by atoms with Crippen LogP contribution in [0.5, 0.6) is 0 Å². The zero-order chi connectivity index (χ0) is 13.9. The van der Waals surface area contributed by atoms with Gasteiger partial charge in [-0.2, -0.15) is 0 Å². The second-order valence-electron chi connectivity index (χ2n) is 4.89. The summed E-state index contributed by atoms with van der Waals surface area (Å²) in [5.41, 5.74) is 4.55. The first-order chi connectivity index (χ1) is 9.76. The van der Waals surface area contributed by atoms with Gasteiger partial charge in [0.15, 0.2) is 0 Å². The van der Waals surface area contributed by atoms with Crippen LogP contribution < -0.4 is 5.32 Å². The van der Waals surface area contributed by atoms with E-state index in [9.17, 15) is 4.79 Å². The van der Waals surface area contributed by atoms with Crippen molar-refractivity contribution in [3.63, 3.8) is 0 Å². The number of ether oxygens (including phenoxy) is 1. The Hall–Kier alpha value is -2.14. The van der Waals surface area contributed by atoms with Crippen molar-refractivity contribution >= 4 is 11.8 Å². The van der Waals surface area contributed by atoms with Crippen molar-refractivity contribution in [2.75, 3.05) is 19.0 Å². The maximum Gasteiger partial charge on any atom is 0.252 e. The molecule has 1 aliphatic carbocycles. The van der Waals surface area contributed by atoms with Crippen molar-refractivity contribution in [3.8, 4) is 11.3 Å². The lowest BCUT2D eigenvalue weighted by atomic mass is 10.0. The van der Waals surface area contributed by atoms with Gasteiger partial charge in [0.25, 0.3) is 5.91 Å². The number of nitrogens with zero attached hydrogens (tertiary/aromatic N) is 1. The fourth-order valence-electron chi connectivity index (χ4n) is 2.51. The Balaban J connectivity index is 1.78. The number of hydrogen-bond acceptors (Lipinski definition) is 4. The average Bonchev–Trinajstić information content (AvgIpc) is 3.06. The first-order valence-electron chi connectivity index (χ1n) is 6.64. The summed E-state index contributed by atoms with van der Waals surface area (Å²) >= 11 is 0.